The fraction of sp³-hybridized carbons (Fsp3) is 0.211. The third-order valence-electron chi connectivity index (χ3n) is 3.59. The summed E-state index contributed by atoms with van der Waals surface area (Å²) in [5, 5.41) is 7.85. The number of nitrogens with zero attached hydrogens (tertiary/aromatic N) is 3. The summed E-state index contributed by atoms with van der Waals surface area (Å²) < 4.78 is 11.2. The Kier molecular flexibility index (Phi) is 5.09. The molecule has 3 rings (SSSR count). The minimum atomic E-state index is -0.144. The highest BCUT2D eigenvalue weighted by Crippen LogP contribution is 2.22. The smallest absolute Gasteiger partial charge is 0.254 e. The quantitative estimate of drug-likeness (QED) is 0.686. The highest BCUT2D eigenvalue weighted by Gasteiger charge is 2.16. The maximum Gasteiger partial charge on any atom is 0.254 e. The molecule has 0 N–H and O–H groups in total. The standard InChI is InChI=1S/C19H19N3O3/c1-3-17-20-21-18(25-17)13-22(2)19(23)14-8-7-11-16(12-14)24-15-9-5-4-6-10-15/h4-12H,3,13H2,1-2H3. The van der Waals surface area contributed by atoms with Crippen LogP contribution in [0.1, 0.15) is 29.1 Å². The molecular formula is C19H19N3O3. The summed E-state index contributed by atoms with van der Waals surface area (Å²) in [6, 6.07) is 16.5. The number of para-hydroxylation sites is 1. The average molecular weight is 337 g/mol. The third kappa shape index (κ3) is 4.23. The highest BCUT2D eigenvalue weighted by molar-refractivity contribution is 5.94. The first kappa shape index (κ1) is 16.7. The van der Waals surface area contributed by atoms with Crippen LogP contribution in [0.2, 0.25) is 0 Å². The molecule has 6 nitrogen and oxygen atoms in total. The predicted octanol–water partition coefficient (Wildman–Crippen LogP) is 3.70. The molecule has 1 amide bonds. The maximum absolute atomic E-state index is 12.6. The first-order valence-electron chi connectivity index (χ1n) is 8.05. The molecule has 0 radical (unpaired) electrons. The third-order valence-corrected chi connectivity index (χ3v) is 3.59. The van der Waals surface area contributed by atoms with Crippen molar-refractivity contribution < 1.29 is 13.9 Å². The van der Waals surface area contributed by atoms with Crippen LogP contribution in [0.4, 0.5) is 0 Å². The second kappa shape index (κ2) is 7.61. The number of carbonyl (C=O) groups is 1. The molecule has 2 aromatic carbocycles. The van der Waals surface area contributed by atoms with Gasteiger partial charge in [-0.25, -0.2) is 0 Å². The molecule has 0 unspecified atom stereocenters. The Balaban J connectivity index is 1.69. The van der Waals surface area contributed by atoms with Crippen molar-refractivity contribution in [2.24, 2.45) is 0 Å². The van der Waals surface area contributed by atoms with Crippen LogP contribution in [0.15, 0.2) is 59.0 Å². The van der Waals surface area contributed by atoms with Gasteiger partial charge < -0.3 is 14.1 Å². The van der Waals surface area contributed by atoms with E-state index >= 15 is 0 Å². The van der Waals surface area contributed by atoms with Gasteiger partial charge in [-0.3, -0.25) is 4.79 Å². The Bertz CT molecular complexity index is 846. The normalized spacial score (nSPS) is 10.5. The van der Waals surface area contributed by atoms with E-state index in [1.165, 1.54) is 4.90 Å². The first-order valence-corrected chi connectivity index (χ1v) is 8.05. The topological polar surface area (TPSA) is 68.5 Å². The number of amides is 1. The van der Waals surface area contributed by atoms with Gasteiger partial charge in [0.25, 0.3) is 5.91 Å². The van der Waals surface area contributed by atoms with Crippen LogP contribution in [0.3, 0.4) is 0 Å². The van der Waals surface area contributed by atoms with Crippen molar-refractivity contribution in [3.05, 3.63) is 71.9 Å². The van der Waals surface area contributed by atoms with Crippen LogP contribution < -0.4 is 4.74 Å². The average Bonchev–Trinajstić information content (AvgIpc) is 3.09. The van der Waals surface area contributed by atoms with Gasteiger partial charge in [0.2, 0.25) is 11.8 Å². The molecule has 0 spiro atoms. The van der Waals surface area contributed by atoms with Gasteiger partial charge in [-0.05, 0) is 30.3 Å². The summed E-state index contributed by atoms with van der Waals surface area (Å²) in [5.74, 6) is 2.17. The van der Waals surface area contributed by atoms with Crippen LogP contribution >= 0.6 is 0 Å². The summed E-state index contributed by atoms with van der Waals surface area (Å²) in [6.45, 7) is 2.19. The molecule has 0 bridgehead atoms. The van der Waals surface area contributed by atoms with E-state index in [1.54, 1.807) is 25.2 Å². The van der Waals surface area contributed by atoms with Gasteiger partial charge in [0.05, 0.1) is 6.54 Å². The fourth-order valence-electron chi connectivity index (χ4n) is 2.31. The van der Waals surface area contributed by atoms with Crippen molar-refractivity contribution in [2.45, 2.75) is 19.9 Å². The van der Waals surface area contributed by atoms with Gasteiger partial charge in [-0.15, -0.1) is 10.2 Å². The number of aryl methyl sites for hydroxylation is 1. The largest absolute Gasteiger partial charge is 0.457 e. The van der Waals surface area contributed by atoms with E-state index in [2.05, 4.69) is 10.2 Å². The van der Waals surface area contributed by atoms with Crippen LogP contribution in [0.25, 0.3) is 0 Å². The predicted molar refractivity (Wildman–Crippen MR) is 92.4 cm³/mol. The van der Waals surface area contributed by atoms with Crippen molar-refractivity contribution in [1.82, 2.24) is 15.1 Å². The Morgan fingerprint density at radius 3 is 2.48 bits per heavy atom. The lowest BCUT2D eigenvalue weighted by Gasteiger charge is -2.15. The van der Waals surface area contributed by atoms with Gasteiger partial charge in [-0.1, -0.05) is 31.2 Å². The molecule has 128 valence electrons. The van der Waals surface area contributed by atoms with E-state index < -0.39 is 0 Å². The summed E-state index contributed by atoms with van der Waals surface area (Å²) >= 11 is 0. The molecule has 0 fully saturated rings. The SMILES string of the molecule is CCc1nnc(CN(C)C(=O)c2cccc(Oc3ccccc3)c2)o1. The number of aromatic nitrogens is 2. The number of ether oxygens (including phenoxy) is 1. The molecule has 25 heavy (non-hydrogen) atoms. The first-order chi connectivity index (χ1) is 12.2. The van der Waals surface area contributed by atoms with E-state index in [0.29, 0.717) is 29.5 Å². The number of benzene rings is 2. The minimum absolute atomic E-state index is 0.144. The Labute approximate surface area is 146 Å². The van der Waals surface area contributed by atoms with Crippen molar-refractivity contribution in [2.75, 3.05) is 7.05 Å². The van der Waals surface area contributed by atoms with Crippen molar-refractivity contribution in [3.63, 3.8) is 0 Å². The number of hydrogen-bond acceptors (Lipinski definition) is 5. The molecule has 0 atom stereocenters. The maximum atomic E-state index is 12.6. The lowest BCUT2D eigenvalue weighted by atomic mass is 10.2. The van der Waals surface area contributed by atoms with E-state index in [1.807, 2.05) is 43.3 Å². The summed E-state index contributed by atoms with van der Waals surface area (Å²) in [6.07, 6.45) is 0.670. The second-order valence-corrected chi connectivity index (χ2v) is 5.55. The Morgan fingerprint density at radius 2 is 1.76 bits per heavy atom. The lowest BCUT2D eigenvalue weighted by molar-refractivity contribution is 0.0772. The van der Waals surface area contributed by atoms with Crippen LogP contribution in [-0.2, 0) is 13.0 Å². The van der Waals surface area contributed by atoms with E-state index in [9.17, 15) is 4.79 Å². The minimum Gasteiger partial charge on any atom is -0.457 e. The van der Waals surface area contributed by atoms with Gasteiger partial charge in [0.1, 0.15) is 11.5 Å². The number of hydrogen-bond donors (Lipinski definition) is 0. The number of rotatable bonds is 6. The van der Waals surface area contributed by atoms with E-state index in [-0.39, 0.29) is 12.5 Å². The lowest BCUT2D eigenvalue weighted by Crippen LogP contribution is -2.26. The molecule has 3 aromatic rings. The number of carbonyl (C=O) groups excluding carboxylic acids is 1. The zero-order valence-corrected chi connectivity index (χ0v) is 14.2. The van der Waals surface area contributed by atoms with Gasteiger partial charge in [-0.2, -0.15) is 0 Å². The van der Waals surface area contributed by atoms with Crippen molar-refractivity contribution in [3.8, 4) is 11.5 Å². The summed E-state index contributed by atoms with van der Waals surface area (Å²) in [4.78, 5) is 14.1. The molecular weight excluding hydrogens is 318 g/mol. The molecule has 0 saturated carbocycles. The molecule has 0 aliphatic rings. The van der Waals surface area contributed by atoms with E-state index in [0.717, 1.165) is 5.75 Å². The molecule has 0 aliphatic heterocycles. The Hall–Kier alpha value is -3.15. The van der Waals surface area contributed by atoms with E-state index in [4.69, 9.17) is 9.15 Å². The summed E-state index contributed by atoms with van der Waals surface area (Å²) in [5.41, 5.74) is 0.533. The van der Waals surface area contributed by atoms with Crippen LogP contribution in [0, 0.1) is 0 Å². The van der Waals surface area contributed by atoms with Gasteiger partial charge in [0, 0.05) is 19.0 Å². The molecule has 1 aromatic heterocycles. The van der Waals surface area contributed by atoms with Gasteiger partial charge >= 0.3 is 0 Å². The van der Waals surface area contributed by atoms with Crippen LogP contribution in [-0.4, -0.2) is 28.1 Å². The van der Waals surface area contributed by atoms with Gasteiger partial charge in [0.15, 0.2) is 0 Å². The second-order valence-electron chi connectivity index (χ2n) is 5.55. The van der Waals surface area contributed by atoms with Crippen LogP contribution in [0.5, 0.6) is 11.5 Å². The van der Waals surface area contributed by atoms with Crippen molar-refractivity contribution >= 4 is 5.91 Å². The zero-order valence-electron chi connectivity index (χ0n) is 14.2. The Morgan fingerprint density at radius 1 is 1.04 bits per heavy atom. The molecule has 1 heterocycles. The monoisotopic (exact) mass is 337 g/mol. The summed E-state index contributed by atoms with van der Waals surface area (Å²) in [7, 11) is 1.70. The molecule has 0 aliphatic carbocycles. The zero-order chi connectivity index (χ0) is 17.6. The molecule has 0 saturated heterocycles. The van der Waals surface area contributed by atoms with Crippen molar-refractivity contribution in [1.29, 1.82) is 0 Å². The fourth-order valence-corrected chi connectivity index (χ4v) is 2.31. The highest BCUT2D eigenvalue weighted by atomic mass is 16.5. The molecule has 6 heteroatoms.